The summed E-state index contributed by atoms with van der Waals surface area (Å²) in [4.78, 5) is 0. The van der Waals surface area contributed by atoms with E-state index >= 15 is 0 Å². The summed E-state index contributed by atoms with van der Waals surface area (Å²) < 4.78 is 0. The van der Waals surface area contributed by atoms with E-state index in [0.717, 1.165) is 19.5 Å². The molecule has 0 aromatic heterocycles. The maximum absolute atomic E-state index is 7.10. The summed E-state index contributed by atoms with van der Waals surface area (Å²) >= 11 is 0. The van der Waals surface area contributed by atoms with Crippen molar-refractivity contribution in [3.8, 4) is 6.19 Å². The van der Waals surface area contributed by atoms with Crippen LogP contribution in [0.4, 0.5) is 0 Å². The predicted molar refractivity (Wildman–Crippen MR) is 32.5 cm³/mol. The molecule has 0 aromatic carbocycles. The van der Waals surface area contributed by atoms with Gasteiger partial charge in [-0.15, -0.1) is 0 Å². The smallest absolute Gasteiger partial charge is 0.173 e. The summed E-state index contributed by atoms with van der Waals surface area (Å²) in [6, 6.07) is 0. The van der Waals surface area contributed by atoms with Crippen molar-refractivity contribution < 1.29 is 0 Å². The van der Waals surface area contributed by atoms with Gasteiger partial charge in [-0.1, -0.05) is 0 Å². The quantitative estimate of drug-likeness (QED) is 0.309. The second-order valence-electron chi connectivity index (χ2n) is 1.06. The lowest BCUT2D eigenvalue weighted by atomic mass is 10.4. The molecule has 6 N–H and O–H groups in total. The first-order valence-corrected chi connectivity index (χ1v) is 2.33. The molecule has 0 heterocycles. The average molecular weight is 116 g/mol. The minimum atomic E-state index is 0.719. The maximum Gasteiger partial charge on any atom is 0.173 e. The van der Waals surface area contributed by atoms with Crippen LogP contribution in [0.1, 0.15) is 6.42 Å². The topological polar surface area (TPSA) is 102 Å². The summed E-state index contributed by atoms with van der Waals surface area (Å²) in [5.74, 6) is 0. The van der Waals surface area contributed by atoms with Crippen molar-refractivity contribution in [1.29, 1.82) is 5.26 Å². The van der Waals surface area contributed by atoms with E-state index in [4.69, 9.17) is 16.7 Å². The van der Waals surface area contributed by atoms with Crippen molar-refractivity contribution in [2.75, 3.05) is 13.1 Å². The lowest BCUT2D eigenvalue weighted by molar-refractivity contribution is 0.844. The van der Waals surface area contributed by atoms with Crippen LogP contribution in [0, 0.1) is 11.5 Å². The third kappa shape index (κ3) is 63.1. The molecule has 0 saturated heterocycles. The van der Waals surface area contributed by atoms with Gasteiger partial charge in [-0.25, -0.2) is 0 Å². The fraction of sp³-hybridized carbons (Fsp3) is 0.750. The second kappa shape index (κ2) is 16.4. The van der Waals surface area contributed by atoms with E-state index in [1.807, 2.05) is 0 Å². The van der Waals surface area contributed by atoms with E-state index in [1.54, 1.807) is 0 Å². The zero-order chi connectivity index (χ0) is 6.83. The van der Waals surface area contributed by atoms with E-state index in [2.05, 4.69) is 5.73 Å². The monoisotopic (exact) mass is 116 g/mol. The Kier molecular flexibility index (Phi) is 20.9. The number of rotatable bonds is 2. The van der Waals surface area contributed by atoms with Crippen LogP contribution < -0.4 is 17.2 Å². The van der Waals surface area contributed by atoms with Crippen LogP contribution in [0.15, 0.2) is 0 Å². The van der Waals surface area contributed by atoms with Crippen LogP contribution in [0.25, 0.3) is 0 Å². The molecular formula is C4H12N4. The van der Waals surface area contributed by atoms with Gasteiger partial charge in [0.05, 0.1) is 0 Å². The van der Waals surface area contributed by atoms with Gasteiger partial charge in [0.2, 0.25) is 0 Å². The molecule has 48 valence electrons. The van der Waals surface area contributed by atoms with Gasteiger partial charge in [-0.05, 0) is 19.5 Å². The molecule has 0 saturated carbocycles. The highest BCUT2D eigenvalue weighted by molar-refractivity contribution is 4.46. The lowest BCUT2D eigenvalue weighted by Gasteiger charge is -1.81. The number of hydrogen-bond acceptors (Lipinski definition) is 4. The van der Waals surface area contributed by atoms with Gasteiger partial charge in [0.1, 0.15) is 0 Å². The molecule has 0 fully saturated rings. The molecule has 4 heteroatoms. The first-order chi connectivity index (χ1) is 3.83. The van der Waals surface area contributed by atoms with Crippen molar-refractivity contribution >= 4 is 0 Å². The normalized spacial score (nSPS) is 6.12. The van der Waals surface area contributed by atoms with Crippen molar-refractivity contribution in [3.05, 3.63) is 0 Å². The van der Waals surface area contributed by atoms with E-state index < -0.39 is 0 Å². The molecule has 0 unspecified atom stereocenters. The Morgan fingerprint density at radius 2 is 1.50 bits per heavy atom. The molecule has 0 aliphatic rings. The highest BCUT2D eigenvalue weighted by Crippen LogP contribution is 1.58. The van der Waals surface area contributed by atoms with Crippen LogP contribution >= 0.6 is 0 Å². The molecule has 0 amide bonds. The minimum Gasteiger partial charge on any atom is -0.337 e. The zero-order valence-electron chi connectivity index (χ0n) is 4.80. The Morgan fingerprint density at radius 3 is 1.50 bits per heavy atom. The van der Waals surface area contributed by atoms with Crippen LogP contribution in [0.5, 0.6) is 0 Å². The van der Waals surface area contributed by atoms with E-state index in [1.165, 1.54) is 6.19 Å². The van der Waals surface area contributed by atoms with Crippen LogP contribution in [0.3, 0.4) is 0 Å². The summed E-state index contributed by atoms with van der Waals surface area (Å²) in [5, 5.41) is 7.10. The van der Waals surface area contributed by atoms with Gasteiger partial charge in [-0.3, -0.25) is 0 Å². The van der Waals surface area contributed by atoms with Crippen LogP contribution in [-0.4, -0.2) is 13.1 Å². The summed E-state index contributed by atoms with van der Waals surface area (Å²) in [5.41, 5.74) is 14.3. The minimum absolute atomic E-state index is 0.719. The fourth-order valence-corrected chi connectivity index (χ4v) is 0.118. The van der Waals surface area contributed by atoms with E-state index in [-0.39, 0.29) is 0 Å². The van der Waals surface area contributed by atoms with Crippen LogP contribution in [0.2, 0.25) is 0 Å². The Hall–Kier alpha value is -0.790. The highest BCUT2D eigenvalue weighted by Gasteiger charge is 1.67. The third-order valence-corrected chi connectivity index (χ3v) is 0.408. The lowest BCUT2D eigenvalue weighted by Crippen LogP contribution is -2.06. The van der Waals surface area contributed by atoms with Gasteiger partial charge in [0, 0.05) is 0 Å². The van der Waals surface area contributed by atoms with Gasteiger partial charge >= 0.3 is 0 Å². The van der Waals surface area contributed by atoms with Gasteiger partial charge in [-0.2, -0.15) is 5.26 Å². The number of nitriles is 1. The molecule has 4 nitrogen and oxygen atoms in total. The molecule has 0 aliphatic carbocycles. The second-order valence-corrected chi connectivity index (χ2v) is 1.06. The van der Waals surface area contributed by atoms with Crippen molar-refractivity contribution in [2.45, 2.75) is 6.42 Å². The Bertz CT molecular complexity index is 53.5. The Morgan fingerprint density at radius 1 is 1.25 bits per heavy atom. The number of hydrogen-bond donors (Lipinski definition) is 3. The predicted octanol–water partition coefficient (Wildman–Crippen LogP) is -1.28. The van der Waals surface area contributed by atoms with E-state index in [9.17, 15) is 0 Å². The van der Waals surface area contributed by atoms with E-state index in [0.29, 0.717) is 0 Å². The molecule has 0 spiro atoms. The first-order valence-electron chi connectivity index (χ1n) is 2.33. The van der Waals surface area contributed by atoms with Gasteiger partial charge in [0.15, 0.2) is 6.19 Å². The van der Waals surface area contributed by atoms with Gasteiger partial charge in [0.25, 0.3) is 0 Å². The van der Waals surface area contributed by atoms with Crippen molar-refractivity contribution in [1.82, 2.24) is 0 Å². The zero-order valence-corrected chi connectivity index (χ0v) is 4.80. The maximum atomic E-state index is 7.10. The van der Waals surface area contributed by atoms with Crippen LogP contribution in [-0.2, 0) is 0 Å². The number of nitrogens with zero attached hydrogens (tertiary/aromatic N) is 1. The molecule has 0 rings (SSSR count). The number of nitrogens with two attached hydrogens (primary N) is 3. The summed E-state index contributed by atoms with van der Waals surface area (Å²) in [6.45, 7) is 1.44. The molecule has 0 aliphatic heterocycles. The average Bonchev–Trinajstić information content (AvgIpc) is 1.71. The highest BCUT2D eigenvalue weighted by atomic mass is 14.6. The Balaban J connectivity index is 0. The molecule has 8 heavy (non-hydrogen) atoms. The van der Waals surface area contributed by atoms with Crippen molar-refractivity contribution in [3.63, 3.8) is 0 Å². The first kappa shape index (κ1) is 10.2. The molecule has 0 bridgehead atoms. The van der Waals surface area contributed by atoms with Gasteiger partial charge < -0.3 is 17.2 Å². The standard InChI is InChI=1S/C3H10N2.CH2N2/c4-2-1-3-5;2-1-3/h1-5H2;2H2. The summed E-state index contributed by atoms with van der Waals surface area (Å²) in [6.07, 6.45) is 2.19. The van der Waals surface area contributed by atoms with Crippen molar-refractivity contribution in [2.24, 2.45) is 17.2 Å². The Labute approximate surface area is 49.3 Å². The molecule has 0 aromatic rings. The molecule has 0 atom stereocenters. The molecule has 0 radical (unpaired) electrons. The molecular weight excluding hydrogens is 104 g/mol. The SMILES string of the molecule is N#CN.NCCCN. The summed E-state index contributed by atoms with van der Waals surface area (Å²) in [7, 11) is 0. The fourth-order valence-electron chi connectivity index (χ4n) is 0.118. The third-order valence-electron chi connectivity index (χ3n) is 0.408. The largest absolute Gasteiger partial charge is 0.337 e.